The van der Waals surface area contributed by atoms with Crippen LogP contribution in [0.5, 0.6) is 11.5 Å². The van der Waals surface area contributed by atoms with Gasteiger partial charge in [0, 0.05) is 10.9 Å². The zero-order chi connectivity index (χ0) is 22.3. The molecule has 0 radical (unpaired) electrons. The first-order valence-corrected chi connectivity index (χ1v) is 10.2. The van der Waals surface area contributed by atoms with E-state index in [-0.39, 0.29) is 24.4 Å². The Hall–Kier alpha value is -3.36. The van der Waals surface area contributed by atoms with Crippen LogP contribution < -0.4 is 15.1 Å². The van der Waals surface area contributed by atoms with Crippen LogP contribution in [-0.4, -0.2) is 31.7 Å². The molecule has 9 nitrogen and oxygen atoms in total. The number of benzene rings is 1. The number of fused-ring (bicyclic) bond motifs is 2. The van der Waals surface area contributed by atoms with E-state index < -0.39 is 5.97 Å². The van der Waals surface area contributed by atoms with Gasteiger partial charge in [-0.1, -0.05) is 12.1 Å². The van der Waals surface area contributed by atoms with Crippen LogP contribution in [0.1, 0.15) is 49.6 Å². The lowest BCUT2D eigenvalue weighted by molar-refractivity contribution is -0.137. The number of aromatic nitrogens is 3. The molecule has 1 N–H and O–H groups in total. The summed E-state index contributed by atoms with van der Waals surface area (Å²) in [5, 5.41) is 17.5. The number of nitrogens with zero attached hydrogens (tertiary/aromatic N) is 3. The van der Waals surface area contributed by atoms with E-state index in [4.69, 9.17) is 19.0 Å². The number of carbonyl (C=O) groups is 1. The fourth-order valence-corrected chi connectivity index (χ4v) is 3.89. The van der Waals surface area contributed by atoms with Crippen molar-refractivity contribution in [1.29, 1.82) is 0 Å². The molecule has 0 bridgehead atoms. The van der Waals surface area contributed by atoms with Crippen LogP contribution in [-0.2, 0) is 30.8 Å². The highest BCUT2D eigenvalue weighted by Crippen LogP contribution is 2.45. The lowest BCUT2D eigenvalue weighted by atomic mass is 9.92. The first-order valence-electron chi connectivity index (χ1n) is 10.2. The van der Waals surface area contributed by atoms with E-state index in [1.807, 2.05) is 33.8 Å². The summed E-state index contributed by atoms with van der Waals surface area (Å²) in [6.45, 7) is 7.58. The number of aliphatic carboxylic acids is 1. The number of ether oxygens (including phenoxy) is 2. The van der Waals surface area contributed by atoms with Gasteiger partial charge < -0.3 is 19.0 Å². The maximum Gasteiger partial charge on any atom is 0.339 e. The number of rotatable bonds is 6. The van der Waals surface area contributed by atoms with Crippen LogP contribution in [0.4, 0.5) is 0 Å². The second-order valence-corrected chi connectivity index (χ2v) is 8.37. The normalized spacial score (nSPS) is 14.8. The summed E-state index contributed by atoms with van der Waals surface area (Å²) in [5.41, 5.74) is 2.53. The molecule has 1 aliphatic rings. The minimum absolute atomic E-state index is 0.0211. The van der Waals surface area contributed by atoms with Gasteiger partial charge in [0.15, 0.2) is 11.3 Å². The highest BCUT2D eigenvalue weighted by Gasteiger charge is 2.32. The van der Waals surface area contributed by atoms with Gasteiger partial charge in [-0.25, -0.2) is 9.48 Å². The first-order chi connectivity index (χ1) is 14.7. The van der Waals surface area contributed by atoms with E-state index in [0.29, 0.717) is 34.8 Å². The number of carboxylic acids is 1. The molecule has 3 heterocycles. The molecular weight excluding hydrogens is 402 g/mol. The predicted molar refractivity (Wildman–Crippen MR) is 112 cm³/mol. The Labute approximate surface area is 178 Å². The molecule has 0 spiro atoms. The van der Waals surface area contributed by atoms with E-state index in [9.17, 15) is 9.59 Å². The van der Waals surface area contributed by atoms with E-state index >= 15 is 0 Å². The average Bonchev–Trinajstić information content (AvgIpc) is 3.12. The second kappa shape index (κ2) is 7.72. The van der Waals surface area contributed by atoms with E-state index in [1.165, 1.54) is 10.9 Å². The van der Waals surface area contributed by atoms with Crippen molar-refractivity contribution in [2.24, 2.45) is 0 Å². The van der Waals surface area contributed by atoms with Gasteiger partial charge in [0.1, 0.15) is 24.4 Å². The largest absolute Gasteiger partial charge is 0.484 e. The maximum absolute atomic E-state index is 12.6. The van der Waals surface area contributed by atoms with Crippen LogP contribution in [0.15, 0.2) is 21.5 Å². The predicted octanol–water partition coefficient (Wildman–Crippen LogP) is 3.02. The molecule has 0 aliphatic carbocycles. The maximum atomic E-state index is 12.6. The van der Waals surface area contributed by atoms with Crippen molar-refractivity contribution in [3.05, 3.63) is 45.1 Å². The molecule has 2 aromatic heterocycles. The molecule has 0 amide bonds. The van der Waals surface area contributed by atoms with Crippen LogP contribution in [0, 0.1) is 6.92 Å². The highest BCUT2D eigenvalue weighted by molar-refractivity contribution is 5.90. The third-order valence-electron chi connectivity index (χ3n) is 5.54. The van der Waals surface area contributed by atoms with Crippen molar-refractivity contribution in [2.45, 2.75) is 65.7 Å². The van der Waals surface area contributed by atoms with Crippen LogP contribution >= 0.6 is 0 Å². The zero-order valence-corrected chi connectivity index (χ0v) is 18.0. The highest BCUT2D eigenvalue weighted by atomic mass is 16.5. The Bertz CT molecular complexity index is 1220. The molecule has 0 unspecified atom stereocenters. The summed E-state index contributed by atoms with van der Waals surface area (Å²) < 4.78 is 19.2. The third kappa shape index (κ3) is 3.99. The van der Waals surface area contributed by atoms with Gasteiger partial charge in [-0.15, -0.1) is 5.10 Å². The second-order valence-electron chi connectivity index (χ2n) is 8.37. The van der Waals surface area contributed by atoms with Gasteiger partial charge in [0.2, 0.25) is 5.75 Å². The lowest BCUT2D eigenvalue weighted by Gasteiger charge is -2.33. The van der Waals surface area contributed by atoms with Crippen molar-refractivity contribution in [3.8, 4) is 11.5 Å². The Kier molecular flexibility index (Phi) is 5.20. The summed E-state index contributed by atoms with van der Waals surface area (Å²) in [6.07, 6.45) is 3.75. The lowest BCUT2D eigenvalue weighted by Crippen LogP contribution is -2.33. The van der Waals surface area contributed by atoms with Crippen molar-refractivity contribution < 1.29 is 23.8 Å². The molecule has 164 valence electrons. The zero-order valence-electron chi connectivity index (χ0n) is 18.0. The average molecular weight is 427 g/mol. The fourth-order valence-electron chi connectivity index (χ4n) is 3.89. The van der Waals surface area contributed by atoms with Crippen molar-refractivity contribution in [2.75, 3.05) is 0 Å². The van der Waals surface area contributed by atoms with Crippen molar-refractivity contribution in [1.82, 2.24) is 15.0 Å². The van der Waals surface area contributed by atoms with Crippen molar-refractivity contribution >= 4 is 16.9 Å². The van der Waals surface area contributed by atoms with Crippen molar-refractivity contribution in [3.63, 3.8) is 0 Å². The quantitative estimate of drug-likeness (QED) is 0.597. The molecule has 0 saturated heterocycles. The summed E-state index contributed by atoms with van der Waals surface area (Å²) in [4.78, 5) is 23.4. The topological polar surface area (TPSA) is 117 Å². The third-order valence-corrected chi connectivity index (χ3v) is 5.54. The molecule has 1 aromatic carbocycles. The Morgan fingerprint density at radius 2 is 2.16 bits per heavy atom. The number of hydrogen-bond donors (Lipinski definition) is 1. The van der Waals surface area contributed by atoms with Crippen LogP contribution in [0.2, 0.25) is 0 Å². The molecule has 1 aliphatic heterocycles. The van der Waals surface area contributed by atoms with Gasteiger partial charge >= 0.3 is 11.6 Å². The van der Waals surface area contributed by atoms with Crippen LogP contribution in [0.25, 0.3) is 11.0 Å². The standard InChI is InChI=1S/C22H25N3O6/c1-5-15-12(2)16-8-13-6-7-22(3,4)31-18(13)20(19(16)30-21(15)28)29-11-14-9-25(24-23-14)10-17(26)27/h8-9H,5-7,10-11H2,1-4H3,(H,26,27). The minimum atomic E-state index is -1.01. The molecule has 0 saturated carbocycles. The van der Waals surface area contributed by atoms with Gasteiger partial charge in [-0.3, -0.25) is 4.79 Å². The SMILES string of the molecule is CCc1c(C)c2cc3c(c(OCc4cn(CC(=O)O)nn4)c2oc1=O)OC(C)(C)CC3. The van der Waals surface area contributed by atoms with E-state index in [1.54, 1.807) is 0 Å². The molecule has 9 heteroatoms. The number of aryl methyl sites for hydroxylation is 2. The smallest absolute Gasteiger partial charge is 0.339 e. The molecule has 31 heavy (non-hydrogen) atoms. The summed E-state index contributed by atoms with van der Waals surface area (Å²) in [5.74, 6) is -0.0931. The molecular formula is C22H25N3O6. The monoisotopic (exact) mass is 427 g/mol. The first kappa shape index (κ1) is 20.9. The Balaban J connectivity index is 1.80. The summed E-state index contributed by atoms with van der Waals surface area (Å²) >= 11 is 0. The summed E-state index contributed by atoms with van der Waals surface area (Å²) in [6, 6.07) is 2.02. The van der Waals surface area contributed by atoms with Gasteiger partial charge in [-0.05, 0) is 57.2 Å². The molecule has 0 atom stereocenters. The molecule has 3 aromatic rings. The van der Waals surface area contributed by atoms with E-state index in [0.717, 1.165) is 29.4 Å². The molecule has 0 fully saturated rings. The van der Waals surface area contributed by atoms with Gasteiger partial charge in [0.25, 0.3) is 0 Å². The van der Waals surface area contributed by atoms with Gasteiger partial charge in [-0.2, -0.15) is 0 Å². The minimum Gasteiger partial charge on any atom is -0.484 e. The Morgan fingerprint density at radius 1 is 1.39 bits per heavy atom. The number of carboxylic acid groups (broad SMARTS) is 1. The van der Waals surface area contributed by atoms with E-state index in [2.05, 4.69) is 10.3 Å². The molecule has 4 rings (SSSR count). The van der Waals surface area contributed by atoms with Crippen LogP contribution in [0.3, 0.4) is 0 Å². The number of hydrogen-bond acceptors (Lipinski definition) is 7. The Morgan fingerprint density at radius 3 is 2.87 bits per heavy atom. The summed E-state index contributed by atoms with van der Waals surface area (Å²) in [7, 11) is 0. The fraction of sp³-hybridized carbons (Fsp3) is 0.455. The van der Waals surface area contributed by atoms with Gasteiger partial charge in [0.05, 0.1) is 6.20 Å².